The first-order valence-electron chi connectivity index (χ1n) is 7.09. The molecule has 0 spiro atoms. The molecule has 2 aliphatic carbocycles. The molecule has 0 unspecified atom stereocenters. The van der Waals surface area contributed by atoms with Crippen LogP contribution in [0.4, 0.5) is 5.88 Å². The van der Waals surface area contributed by atoms with E-state index in [1.54, 1.807) is 0 Å². The Labute approximate surface area is 121 Å². The van der Waals surface area contributed by atoms with Crippen LogP contribution in [0.5, 0.6) is 0 Å². The molecule has 0 aliphatic heterocycles. The highest BCUT2D eigenvalue weighted by Crippen LogP contribution is 2.66. The number of nitrogens with one attached hydrogen (secondary N) is 1. The molecule has 1 N–H and O–H groups in total. The molecular formula is C14H17N3O4. The first kappa shape index (κ1) is 13.8. The molecule has 3 rings (SSSR count). The summed E-state index contributed by atoms with van der Waals surface area (Å²) in [5, 5.41) is 14.3. The van der Waals surface area contributed by atoms with Crippen molar-refractivity contribution in [2.24, 2.45) is 22.4 Å². The third kappa shape index (κ3) is 2.43. The molecule has 2 fully saturated rings. The van der Waals surface area contributed by atoms with Gasteiger partial charge < -0.3 is 4.42 Å². The van der Waals surface area contributed by atoms with Crippen molar-refractivity contribution in [1.29, 1.82) is 0 Å². The summed E-state index contributed by atoms with van der Waals surface area (Å²) in [5.74, 6) is 0.348. The van der Waals surface area contributed by atoms with Crippen LogP contribution in [0.15, 0.2) is 21.7 Å². The summed E-state index contributed by atoms with van der Waals surface area (Å²) in [6.07, 6.45) is 5.88. The highest BCUT2D eigenvalue weighted by Gasteiger charge is 2.64. The van der Waals surface area contributed by atoms with Crippen molar-refractivity contribution >= 4 is 18.0 Å². The Morgan fingerprint density at radius 3 is 3.00 bits per heavy atom. The minimum Gasteiger partial charge on any atom is -0.400 e. The number of hydrazone groups is 1. The summed E-state index contributed by atoms with van der Waals surface area (Å²) in [6, 6.07) is 2.69. The minimum atomic E-state index is -0.619. The highest BCUT2D eigenvalue weighted by atomic mass is 16.6. The summed E-state index contributed by atoms with van der Waals surface area (Å²) in [6.45, 7) is 2.17. The van der Waals surface area contributed by atoms with Gasteiger partial charge in [0.25, 0.3) is 0 Å². The predicted molar refractivity (Wildman–Crippen MR) is 74.7 cm³/mol. The lowest BCUT2D eigenvalue weighted by atomic mass is 9.90. The van der Waals surface area contributed by atoms with Gasteiger partial charge in [0.05, 0.1) is 12.3 Å². The van der Waals surface area contributed by atoms with Crippen molar-refractivity contribution in [3.8, 4) is 0 Å². The van der Waals surface area contributed by atoms with Crippen molar-refractivity contribution in [3.05, 3.63) is 28.0 Å². The molecule has 7 heteroatoms. The van der Waals surface area contributed by atoms with E-state index in [4.69, 9.17) is 4.42 Å². The van der Waals surface area contributed by atoms with Gasteiger partial charge in [-0.3, -0.25) is 14.9 Å². The zero-order valence-corrected chi connectivity index (χ0v) is 11.7. The lowest BCUT2D eigenvalue weighted by molar-refractivity contribution is -0.402. The van der Waals surface area contributed by atoms with Crippen LogP contribution in [0.3, 0.4) is 0 Å². The number of carbonyl (C=O) groups is 1. The maximum atomic E-state index is 12.1. The fourth-order valence-corrected chi connectivity index (χ4v) is 3.59. The maximum absolute atomic E-state index is 12.1. The molecule has 0 aromatic carbocycles. The molecule has 3 atom stereocenters. The molecule has 0 radical (unpaired) electrons. The summed E-state index contributed by atoms with van der Waals surface area (Å²) in [4.78, 5) is 22.0. The van der Waals surface area contributed by atoms with Gasteiger partial charge >= 0.3 is 5.88 Å². The maximum Gasteiger partial charge on any atom is 0.433 e. The van der Waals surface area contributed by atoms with Gasteiger partial charge in [0.15, 0.2) is 5.76 Å². The van der Waals surface area contributed by atoms with E-state index in [2.05, 4.69) is 17.5 Å². The molecular weight excluding hydrogens is 274 g/mol. The van der Waals surface area contributed by atoms with Gasteiger partial charge in [-0.05, 0) is 30.2 Å². The van der Waals surface area contributed by atoms with E-state index in [-0.39, 0.29) is 28.9 Å². The van der Waals surface area contributed by atoms with Crippen LogP contribution in [0.2, 0.25) is 0 Å². The molecule has 21 heavy (non-hydrogen) atoms. The average molecular weight is 291 g/mol. The second-order valence-electron chi connectivity index (χ2n) is 6.00. The third-order valence-corrected chi connectivity index (χ3v) is 4.77. The van der Waals surface area contributed by atoms with Crippen LogP contribution >= 0.6 is 0 Å². The van der Waals surface area contributed by atoms with E-state index < -0.39 is 4.92 Å². The van der Waals surface area contributed by atoms with Gasteiger partial charge in [0.1, 0.15) is 4.92 Å². The minimum absolute atomic E-state index is 0.0445. The third-order valence-electron chi connectivity index (χ3n) is 4.77. The average Bonchev–Trinajstić information content (AvgIpc) is 2.80. The first-order chi connectivity index (χ1) is 10.0. The molecule has 2 aliphatic rings. The van der Waals surface area contributed by atoms with E-state index in [0.29, 0.717) is 5.92 Å². The van der Waals surface area contributed by atoms with Crippen molar-refractivity contribution in [2.75, 3.05) is 0 Å². The van der Waals surface area contributed by atoms with Crippen LogP contribution in [0, 0.1) is 27.4 Å². The summed E-state index contributed by atoms with van der Waals surface area (Å²) < 4.78 is 4.92. The molecule has 1 aromatic rings. The van der Waals surface area contributed by atoms with Gasteiger partial charge in [-0.15, -0.1) is 0 Å². The number of nitro groups is 1. The van der Waals surface area contributed by atoms with Crippen LogP contribution in [0.1, 0.15) is 38.4 Å². The number of hydrogen-bond donors (Lipinski definition) is 1. The fourth-order valence-electron chi connectivity index (χ4n) is 3.59. The van der Waals surface area contributed by atoms with Crippen molar-refractivity contribution in [3.63, 3.8) is 0 Å². The smallest absolute Gasteiger partial charge is 0.400 e. The van der Waals surface area contributed by atoms with E-state index >= 15 is 0 Å². The van der Waals surface area contributed by atoms with E-state index in [1.807, 2.05) is 0 Å². The number of hydrogen-bond acceptors (Lipinski definition) is 5. The second-order valence-corrected chi connectivity index (χ2v) is 6.00. The van der Waals surface area contributed by atoms with Crippen LogP contribution in [0.25, 0.3) is 0 Å². The Morgan fingerprint density at radius 2 is 2.38 bits per heavy atom. The summed E-state index contributed by atoms with van der Waals surface area (Å²) in [7, 11) is 0. The SMILES string of the molecule is C[C@@]12CCCC[C@@H]1[C@@H]2C(=O)N/N=C\c1ccc([N+](=O)[O-])o1. The van der Waals surface area contributed by atoms with Crippen molar-refractivity contribution in [2.45, 2.75) is 32.6 Å². The van der Waals surface area contributed by atoms with Crippen molar-refractivity contribution < 1.29 is 14.1 Å². The normalized spacial score (nSPS) is 30.9. The van der Waals surface area contributed by atoms with Crippen LogP contribution in [-0.2, 0) is 4.79 Å². The number of rotatable bonds is 4. The lowest BCUT2D eigenvalue weighted by Crippen LogP contribution is -2.22. The largest absolute Gasteiger partial charge is 0.433 e. The molecule has 0 bridgehead atoms. The second kappa shape index (κ2) is 4.98. The Morgan fingerprint density at radius 1 is 1.57 bits per heavy atom. The number of nitrogens with zero attached hydrogens (tertiary/aromatic N) is 2. The number of amides is 1. The van der Waals surface area contributed by atoms with E-state index in [0.717, 1.165) is 12.8 Å². The Hall–Kier alpha value is -2.18. The molecule has 7 nitrogen and oxygen atoms in total. The standard InChI is InChI=1S/C14H17N3O4/c1-14-7-3-2-4-10(14)12(14)13(18)16-15-8-9-5-6-11(21-9)17(19)20/h5-6,8,10,12H,2-4,7H2,1H3,(H,16,18)/b15-8-/t10-,12-,14-/m1/s1. The predicted octanol–water partition coefficient (Wildman–Crippen LogP) is 2.46. The number of carbonyl (C=O) groups excluding carboxylic acids is 1. The van der Waals surface area contributed by atoms with Gasteiger partial charge in [-0.25, -0.2) is 5.43 Å². The van der Waals surface area contributed by atoms with Gasteiger partial charge in [0, 0.05) is 5.92 Å². The van der Waals surface area contributed by atoms with Crippen LogP contribution in [-0.4, -0.2) is 17.0 Å². The number of furan rings is 1. The molecule has 1 amide bonds. The summed E-state index contributed by atoms with van der Waals surface area (Å²) in [5.41, 5.74) is 2.65. The first-order valence-corrected chi connectivity index (χ1v) is 7.09. The zero-order chi connectivity index (χ0) is 15.0. The Balaban J connectivity index is 1.56. The van der Waals surface area contributed by atoms with Crippen molar-refractivity contribution in [1.82, 2.24) is 5.43 Å². The van der Waals surface area contributed by atoms with Gasteiger partial charge in [-0.1, -0.05) is 19.8 Å². The fraction of sp³-hybridized carbons (Fsp3) is 0.571. The molecule has 1 aromatic heterocycles. The van der Waals surface area contributed by atoms with Gasteiger partial charge in [0.2, 0.25) is 5.91 Å². The van der Waals surface area contributed by atoms with Crippen LogP contribution < -0.4 is 5.43 Å². The summed E-state index contributed by atoms with van der Waals surface area (Å²) >= 11 is 0. The molecule has 2 saturated carbocycles. The quantitative estimate of drug-likeness (QED) is 0.523. The Bertz CT molecular complexity index is 609. The molecule has 112 valence electrons. The number of fused-ring (bicyclic) bond motifs is 1. The monoisotopic (exact) mass is 291 g/mol. The van der Waals surface area contributed by atoms with E-state index in [9.17, 15) is 14.9 Å². The highest BCUT2D eigenvalue weighted by molar-refractivity contribution is 5.85. The zero-order valence-electron chi connectivity index (χ0n) is 11.7. The topological polar surface area (TPSA) is 97.7 Å². The lowest BCUT2D eigenvalue weighted by Gasteiger charge is -2.15. The van der Waals surface area contributed by atoms with E-state index in [1.165, 1.54) is 31.2 Å². The Kier molecular flexibility index (Phi) is 3.27. The van der Waals surface area contributed by atoms with Gasteiger partial charge in [-0.2, -0.15) is 5.10 Å². The molecule has 1 heterocycles. The molecule has 0 saturated heterocycles.